The van der Waals surface area contributed by atoms with E-state index in [2.05, 4.69) is 42.5 Å². The van der Waals surface area contributed by atoms with Gasteiger partial charge in [-0.15, -0.1) is 0 Å². The Hall–Kier alpha value is -2.06. The monoisotopic (exact) mass is 267 g/mol. The summed E-state index contributed by atoms with van der Waals surface area (Å²) in [5.41, 5.74) is 9.23. The number of aryl methyl sites for hydroxylation is 1. The molecule has 2 aromatic carbocycles. The van der Waals surface area contributed by atoms with Crippen LogP contribution in [0.25, 0.3) is 12.2 Å². The maximum atomic E-state index is 5.55. The molecule has 0 aliphatic rings. The van der Waals surface area contributed by atoms with Gasteiger partial charge in [0.2, 0.25) is 0 Å². The lowest BCUT2D eigenvalue weighted by molar-refractivity contribution is 0.414. The lowest BCUT2D eigenvalue weighted by Crippen LogP contribution is -2.00. The van der Waals surface area contributed by atoms with Gasteiger partial charge in [0.1, 0.15) is 5.75 Å². The largest absolute Gasteiger partial charge is 0.497 e. The number of hydrogen-bond acceptors (Lipinski definition) is 2. The molecule has 0 saturated carbocycles. The molecule has 0 spiro atoms. The van der Waals surface area contributed by atoms with Crippen LogP contribution in [0.5, 0.6) is 5.75 Å². The Labute approximate surface area is 120 Å². The fourth-order valence-corrected chi connectivity index (χ4v) is 2.10. The number of nitrogens with two attached hydrogens (primary N) is 1. The lowest BCUT2D eigenvalue weighted by Gasteiger charge is -2.02. The van der Waals surface area contributed by atoms with Crippen LogP contribution in [0, 0.1) is 0 Å². The summed E-state index contributed by atoms with van der Waals surface area (Å²) < 4.78 is 5.22. The predicted molar refractivity (Wildman–Crippen MR) is 85.7 cm³/mol. The summed E-state index contributed by atoms with van der Waals surface area (Å²) in [6, 6.07) is 16.6. The first-order valence-corrected chi connectivity index (χ1v) is 6.93. The molecule has 0 bridgehead atoms. The van der Waals surface area contributed by atoms with E-state index in [9.17, 15) is 0 Å². The van der Waals surface area contributed by atoms with Crippen molar-refractivity contribution in [2.45, 2.75) is 12.8 Å². The van der Waals surface area contributed by atoms with E-state index < -0.39 is 0 Å². The Kier molecular flexibility index (Phi) is 5.39. The van der Waals surface area contributed by atoms with Gasteiger partial charge in [0, 0.05) is 0 Å². The normalized spacial score (nSPS) is 10.9. The van der Waals surface area contributed by atoms with Gasteiger partial charge in [-0.2, -0.15) is 0 Å². The van der Waals surface area contributed by atoms with E-state index in [4.69, 9.17) is 10.5 Å². The minimum absolute atomic E-state index is 0.740. The van der Waals surface area contributed by atoms with E-state index in [1.165, 1.54) is 11.1 Å². The van der Waals surface area contributed by atoms with Gasteiger partial charge < -0.3 is 10.5 Å². The van der Waals surface area contributed by atoms with Crippen LogP contribution in [0.3, 0.4) is 0 Å². The fraction of sp³-hybridized carbons (Fsp3) is 0.222. The number of methoxy groups -OCH3 is 1. The van der Waals surface area contributed by atoms with Gasteiger partial charge in [0.05, 0.1) is 7.11 Å². The van der Waals surface area contributed by atoms with E-state index in [0.29, 0.717) is 0 Å². The van der Waals surface area contributed by atoms with E-state index in [1.807, 2.05) is 18.2 Å². The third-order valence-corrected chi connectivity index (χ3v) is 3.18. The molecule has 2 heteroatoms. The van der Waals surface area contributed by atoms with Gasteiger partial charge in [0.15, 0.2) is 0 Å². The molecular weight excluding hydrogens is 246 g/mol. The number of benzene rings is 2. The van der Waals surface area contributed by atoms with Gasteiger partial charge in [-0.3, -0.25) is 0 Å². The van der Waals surface area contributed by atoms with Crippen LogP contribution >= 0.6 is 0 Å². The van der Waals surface area contributed by atoms with Gasteiger partial charge in [0.25, 0.3) is 0 Å². The molecule has 0 radical (unpaired) electrons. The molecule has 0 amide bonds. The highest BCUT2D eigenvalue weighted by Crippen LogP contribution is 2.16. The van der Waals surface area contributed by atoms with E-state index in [-0.39, 0.29) is 0 Å². The Morgan fingerprint density at radius 3 is 2.40 bits per heavy atom. The van der Waals surface area contributed by atoms with Crippen LogP contribution in [0.1, 0.15) is 23.1 Å². The first kappa shape index (κ1) is 14.4. The average molecular weight is 267 g/mol. The smallest absolute Gasteiger partial charge is 0.119 e. The Bertz CT molecular complexity index is 575. The van der Waals surface area contributed by atoms with Crippen LogP contribution in [0.2, 0.25) is 0 Å². The molecule has 20 heavy (non-hydrogen) atoms. The van der Waals surface area contributed by atoms with E-state index in [1.54, 1.807) is 7.11 Å². The third-order valence-electron chi connectivity index (χ3n) is 3.18. The zero-order chi connectivity index (χ0) is 14.2. The van der Waals surface area contributed by atoms with Gasteiger partial charge in [-0.1, -0.05) is 48.6 Å². The maximum absolute atomic E-state index is 5.55. The number of hydrogen-bond donors (Lipinski definition) is 1. The summed E-state index contributed by atoms with van der Waals surface area (Å²) in [5.74, 6) is 0.879. The summed E-state index contributed by atoms with van der Waals surface area (Å²) in [7, 11) is 1.68. The molecule has 2 rings (SSSR count). The first-order valence-electron chi connectivity index (χ1n) is 6.93. The topological polar surface area (TPSA) is 35.2 Å². The van der Waals surface area contributed by atoms with Crippen LogP contribution in [0.15, 0.2) is 48.5 Å². The van der Waals surface area contributed by atoms with Crippen molar-refractivity contribution in [3.63, 3.8) is 0 Å². The van der Waals surface area contributed by atoms with Crippen molar-refractivity contribution in [3.05, 3.63) is 65.2 Å². The summed E-state index contributed by atoms with van der Waals surface area (Å²) in [5, 5.41) is 0. The molecular formula is C18H21NO. The number of rotatable bonds is 6. The van der Waals surface area contributed by atoms with Crippen molar-refractivity contribution in [2.24, 2.45) is 5.73 Å². The number of ether oxygens (including phenoxy) is 1. The van der Waals surface area contributed by atoms with Crippen molar-refractivity contribution >= 4 is 12.2 Å². The van der Waals surface area contributed by atoms with Gasteiger partial charge in [-0.25, -0.2) is 0 Å². The zero-order valence-corrected chi connectivity index (χ0v) is 11.9. The van der Waals surface area contributed by atoms with Crippen molar-refractivity contribution < 1.29 is 4.74 Å². The molecule has 0 heterocycles. The van der Waals surface area contributed by atoms with E-state index >= 15 is 0 Å². The summed E-state index contributed by atoms with van der Waals surface area (Å²) >= 11 is 0. The first-order chi connectivity index (χ1) is 9.81. The minimum atomic E-state index is 0.740. The highest BCUT2D eigenvalue weighted by Gasteiger charge is 1.95. The van der Waals surface area contributed by atoms with Crippen LogP contribution in [-0.4, -0.2) is 13.7 Å². The molecule has 2 N–H and O–H groups in total. The molecule has 0 aliphatic carbocycles. The maximum Gasteiger partial charge on any atom is 0.119 e. The molecule has 0 unspecified atom stereocenters. The SMILES string of the molecule is COc1cccc(/C=C/c2cccc(CCCN)c2)c1. The fourth-order valence-electron chi connectivity index (χ4n) is 2.10. The Balaban J connectivity index is 2.10. The standard InChI is InChI=1S/C18H21NO/c1-20-18-9-3-7-17(14-18)11-10-16-6-2-5-15(13-16)8-4-12-19/h2-3,5-7,9-11,13-14H,4,8,12,19H2,1H3/b11-10+. The summed E-state index contributed by atoms with van der Waals surface area (Å²) in [6.07, 6.45) is 6.30. The van der Waals surface area contributed by atoms with E-state index in [0.717, 1.165) is 30.7 Å². The molecule has 0 aromatic heterocycles. The van der Waals surface area contributed by atoms with Crippen molar-refractivity contribution in [2.75, 3.05) is 13.7 Å². The molecule has 2 nitrogen and oxygen atoms in total. The molecule has 0 atom stereocenters. The molecule has 2 aromatic rings. The van der Waals surface area contributed by atoms with Crippen molar-refractivity contribution in [3.8, 4) is 5.75 Å². The minimum Gasteiger partial charge on any atom is -0.497 e. The molecule has 0 saturated heterocycles. The third kappa shape index (κ3) is 4.25. The average Bonchev–Trinajstić information content (AvgIpc) is 2.51. The second kappa shape index (κ2) is 7.51. The van der Waals surface area contributed by atoms with Gasteiger partial charge in [-0.05, 0) is 48.2 Å². The Morgan fingerprint density at radius 1 is 1.00 bits per heavy atom. The second-order valence-electron chi connectivity index (χ2n) is 4.75. The van der Waals surface area contributed by atoms with Gasteiger partial charge >= 0.3 is 0 Å². The second-order valence-corrected chi connectivity index (χ2v) is 4.75. The lowest BCUT2D eigenvalue weighted by atomic mass is 10.1. The Morgan fingerprint density at radius 2 is 1.70 bits per heavy atom. The van der Waals surface area contributed by atoms with Crippen molar-refractivity contribution in [1.82, 2.24) is 0 Å². The highest BCUT2D eigenvalue weighted by molar-refractivity contribution is 5.70. The molecule has 0 fully saturated rings. The summed E-state index contributed by atoms with van der Waals surface area (Å²) in [6.45, 7) is 0.740. The predicted octanol–water partition coefficient (Wildman–Crippen LogP) is 3.76. The molecule has 0 aliphatic heterocycles. The van der Waals surface area contributed by atoms with Crippen LogP contribution < -0.4 is 10.5 Å². The van der Waals surface area contributed by atoms with Crippen molar-refractivity contribution in [1.29, 1.82) is 0 Å². The zero-order valence-electron chi connectivity index (χ0n) is 11.9. The highest BCUT2D eigenvalue weighted by atomic mass is 16.5. The summed E-state index contributed by atoms with van der Waals surface area (Å²) in [4.78, 5) is 0. The molecule has 104 valence electrons. The van der Waals surface area contributed by atoms with Crippen LogP contribution in [-0.2, 0) is 6.42 Å². The quantitative estimate of drug-likeness (QED) is 0.809. The van der Waals surface area contributed by atoms with Crippen LogP contribution in [0.4, 0.5) is 0 Å².